The first-order valence-electron chi connectivity index (χ1n) is 5.43. The van der Waals surface area contributed by atoms with E-state index in [1.54, 1.807) is 19.9 Å². The molecule has 0 unspecified atom stereocenters. The molecule has 1 heterocycles. The van der Waals surface area contributed by atoms with Crippen molar-refractivity contribution in [2.45, 2.75) is 20.5 Å². The van der Waals surface area contributed by atoms with Gasteiger partial charge >= 0.3 is 5.97 Å². The molecule has 0 saturated heterocycles. The lowest BCUT2D eigenvalue weighted by Crippen LogP contribution is -2.08. The van der Waals surface area contributed by atoms with Crippen LogP contribution in [0.25, 0.3) is 0 Å². The van der Waals surface area contributed by atoms with Gasteiger partial charge in [0.1, 0.15) is 18.2 Å². The van der Waals surface area contributed by atoms with Crippen LogP contribution in [0.2, 0.25) is 0 Å². The fourth-order valence-electron chi connectivity index (χ4n) is 1.55. The van der Waals surface area contributed by atoms with E-state index in [0.717, 1.165) is 0 Å². The molecule has 0 radical (unpaired) electrons. The SMILES string of the molecule is Cc1noc(C)c1COC(=O)c1ccccc1F. The number of benzene rings is 1. The van der Waals surface area contributed by atoms with Crippen LogP contribution in [-0.4, -0.2) is 11.1 Å². The Kier molecular flexibility index (Phi) is 3.41. The molecule has 1 aromatic heterocycles. The zero-order valence-electron chi connectivity index (χ0n) is 10.1. The van der Waals surface area contributed by atoms with Crippen molar-refractivity contribution in [3.63, 3.8) is 0 Å². The highest BCUT2D eigenvalue weighted by Crippen LogP contribution is 2.15. The third kappa shape index (κ3) is 2.40. The lowest BCUT2D eigenvalue weighted by atomic mass is 10.2. The number of carbonyl (C=O) groups is 1. The highest BCUT2D eigenvalue weighted by Gasteiger charge is 2.15. The predicted octanol–water partition coefficient (Wildman–Crippen LogP) is 2.79. The molecule has 0 aliphatic carbocycles. The molecule has 0 bridgehead atoms. The van der Waals surface area contributed by atoms with Gasteiger partial charge in [-0.15, -0.1) is 0 Å². The normalized spacial score (nSPS) is 10.4. The number of rotatable bonds is 3. The minimum absolute atomic E-state index is 0.0222. The molecule has 0 spiro atoms. The van der Waals surface area contributed by atoms with E-state index in [-0.39, 0.29) is 12.2 Å². The van der Waals surface area contributed by atoms with Crippen LogP contribution in [0.5, 0.6) is 0 Å². The van der Waals surface area contributed by atoms with Gasteiger partial charge < -0.3 is 9.26 Å². The number of hydrogen-bond acceptors (Lipinski definition) is 4. The summed E-state index contributed by atoms with van der Waals surface area (Å²) in [5.74, 6) is -0.705. The Labute approximate surface area is 103 Å². The quantitative estimate of drug-likeness (QED) is 0.785. The average Bonchev–Trinajstić information content (AvgIpc) is 2.67. The summed E-state index contributed by atoms with van der Waals surface area (Å²) in [5, 5.41) is 3.74. The summed E-state index contributed by atoms with van der Waals surface area (Å²) in [7, 11) is 0. The second-order valence-corrected chi connectivity index (χ2v) is 3.86. The first-order valence-corrected chi connectivity index (χ1v) is 5.43. The molecule has 2 rings (SSSR count). The predicted molar refractivity (Wildman–Crippen MR) is 61.5 cm³/mol. The van der Waals surface area contributed by atoms with Gasteiger partial charge in [-0.1, -0.05) is 17.3 Å². The number of hydrogen-bond donors (Lipinski definition) is 0. The van der Waals surface area contributed by atoms with E-state index in [2.05, 4.69) is 5.16 Å². The largest absolute Gasteiger partial charge is 0.457 e. The van der Waals surface area contributed by atoms with Gasteiger partial charge in [0.2, 0.25) is 0 Å². The lowest BCUT2D eigenvalue weighted by molar-refractivity contribution is 0.0465. The summed E-state index contributed by atoms with van der Waals surface area (Å²) in [6.07, 6.45) is 0. The Morgan fingerprint density at radius 1 is 1.39 bits per heavy atom. The standard InChI is InChI=1S/C13H12FNO3/c1-8-11(9(2)18-15-8)7-17-13(16)10-5-3-4-6-12(10)14/h3-6H,7H2,1-2H3. The monoisotopic (exact) mass is 249 g/mol. The topological polar surface area (TPSA) is 52.3 Å². The highest BCUT2D eigenvalue weighted by molar-refractivity contribution is 5.89. The van der Waals surface area contributed by atoms with Crippen LogP contribution in [0.15, 0.2) is 28.8 Å². The fourth-order valence-corrected chi connectivity index (χ4v) is 1.55. The molecule has 0 saturated carbocycles. The Hall–Kier alpha value is -2.17. The Morgan fingerprint density at radius 2 is 2.11 bits per heavy atom. The van der Waals surface area contributed by atoms with E-state index in [1.165, 1.54) is 18.2 Å². The zero-order chi connectivity index (χ0) is 13.1. The van der Waals surface area contributed by atoms with E-state index in [1.807, 2.05) is 0 Å². The first-order chi connectivity index (χ1) is 8.59. The average molecular weight is 249 g/mol. The maximum absolute atomic E-state index is 13.3. The van der Waals surface area contributed by atoms with Crippen LogP contribution in [0.1, 0.15) is 27.4 Å². The molecule has 94 valence electrons. The second-order valence-electron chi connectivity index (χ2n) is 3.86. The van der Waals surface area contributed by atoms with Crippen LogP contribution < -0.4 is 0 Å². The van der Waals surface area contributed by atoms with Crippen molar-refractivity contribution in [2.75, 3.05) is 0 Å². The van der Waals surface area contributed by atoms with Crippen molar-refractivity contribution in [3.8, 4) is 0 Å². The van der Waals surface area contributed by atoms with Crippen molar-refractivity contribution < 1.29 is 18.4 Å². The van der Waals surface area contributed by atoms with Gasteiger partial charge in [0.25, 0.3) is 0 Å². The van der Waals surface area contributed by atoms with Gasteiger partial charge in [-0.3, -0.25) is 0 Å². The molecule has 5 heteroatoms. The van der Waals surface area contributed by atoms with Crippen molar-refractivity contribution in [2.24, 2.45) is 0 Å². The first kappa shape index (κ1) is 12.3. The minimum Gasteiger partial charge on any atom is -0.457 e. The van der Waals surface area contributed by atoms with Gasteiger partial charge in [0, 0.05) is 0 Å². The number of halogens is 1. The summed E-state index contributed by atoms with van der Waals surface area (Å²) in [5.41, 5.74) is 1.29. The molecule has 0 aliphatic rings. The maximum Gasteiger partial charge on any atom is 0.341 e. The van der Waals surface area contributed by atoms with E-state index in [4.69, 9.17) is 9.26 Å². The molecular formula is C13H12FNO3. The van der Waals surface area contributed by atoms with Gasteiger partial charge in [-0.25, -0.2) is 9.18 Å². The van der Waals surface area contributed by atoms with E-state index < -0.39 is 11.8 Å². The number of esters is 1. The van der Waals surface area contributed by atoms with Gasteiger partial charge in [-0.05, 0) is 26.0 Å². The molecule has 0 N–H and O–H groups in total. The number of nitrogens with zero attached hydrogens (tertiary/aromatic N) is 1. The fraction of sp³-hybridized carbons (Fsp3) is 0.231. The third-order valence-corrected chi connectivity index (χ3v) is 2.62. The molecule has 0 atom stereocenters. The van der Waals surface area contributed by atoms with Gasteiger partial charge in [-0.2, -0.15) is 0 Å². The summed E-state index contributed by atoms with van der Waals surface area (Å²) < 4.78 is 23.3. The molecular weight excluding hydrogens is 237 g/mol. The summed E-state index contributed by atoms with van der Waals surface area (Å²) in [4.78, 5) is 11.7. The lowest BCUT2D eigenvalue weighted by Gasteiger charge is -2.05. The van der Waals surface area contributed by atoms with Crippen molar-refractivity contribution >= 4 is 5.97 Å². The van der Waals surface area contributed by atoms with E-state index >= 15 is 0 Å². The van der Waals surface area contributed by atoms with E-state index in [9.17, 15) is 9.18 Å². The highest BCUT2D eigenvalue weighted by atomic mass is 19.1. The molecule has 0 amide bonds. The van der Waals surface area contributed by atoms with Crippen LogP contribution >= 0.6 is 0 Å². The maximum atomic E-state index is 13.3. The Balaban J connectivity index is 2.08. The smallest absolute Gasteiger partial charge is 0.341 e. The molecule has 0 aliphatic heterocycles. The summed E-state index contributed by atoms with van der Waals surface area (Å²) in [6, 6.07) is 5.69. The number of aromatic nitrogens is 1. The Morgan fingerprint density at radius 3 is 2.72 bits per heavy atom. The summed E-state index contributed by atoms with van der Waals surface area (Å²) >= 11 is 0. The van der Waals surface area contributed by atoms with Crippen LogP contribution in [-0.2, 0) is 11.3 Å². The molecule has 0 fully saturated rings. The third-order valence-electron chi connectivity index (χ3n) is 2.62. The van der Waals surface area contributed by atoms with Gasteiger partial charge in [0.05, 0.1) is 16.8 Å². The molecule has 1 aromatic carbocycles. The Bertz CT molecular complexity index is 558. The van der Waals surface area contributed by atoms with Crippen molar-refractivity contribution in [1.82, 2.24) is 5.16 Å². The molecule has 4 nitrogen and oxygen atoms in total. The van der Waals surface area contributed by atoms with Crippen LogP contribution in [0.4, 0.5) is 4.39 Å². The number of aryl methyl sites for hydroxylation is 2. The minimum atomic E-state index is -0.701. The molecule has 18 heavy (non-hydrogen) atoms. The van der Waals surface area contributed by atoms with E-state index in [0.29, 0.717) is 17.0 Å². The second kappa shape index (κ2) is 5.00. The number of carbonyl (C=O) groups excluding carboxylic acids is 1. The van der Waals surface area contributed by atoms with Gasteiger partial charge in [0.15, 0.2) is 0 Å². The zero-order valence-corrected chi connectivity index (χ0v) is 10.1. The van der Waals surface area contributed by atoms with Crippen LogP contribution in [0, 0.1) is 19.7 Å². The molecule has 2 aromatic rings. The van der Waals surface area contributed by atoms with Crippen LogP contribution in [0.3, 0.4) is 0 Å². The van der Waals surface area contributed by atoms with Crippen molar-refractivity contribution in [1.29, 1.82) is 0 Å². The number of ether oxygens (including phenoxy) is 1. The summed E-state index contributed by atoms with van der Waals surface area (Å²) in [6.45, 7) is 3.50. The van der Waals surface area contributed by atoms with Crippen molar-refractivity contribution in [3.05, 3.63) is 52.7 Å².